The van der Waals surface area contributed by atoms with Crippen LogP contribution < -0.4 is 5.06 Å². The van der Waals surface area contributed by atoms with Gasteiger partial charge in [0.1, 0.15) is 0 Å². The van der Waals surface area contributed by atoms with Crippen molar-refractivity contribution in [1.82, 2.24) is 0 Å². The summed E-state index contributed by atoms with van der Waals surface area (Å²) in [5.41, 5.74) is 0. The second-order valence-corrected chi connectivity index (χ2v) is 4.58. The van der Waals surface area contributed by atoms with Crippen LogP contribution in [0.3, 0.4) is 0 Å². The fourth-order valence-electron chi connectivity index (χ4n) is 3.18. The summed E-state index contributed by atoms with van der Waals surface area (Å²) in [6, 6.07) is 0.0832. The molecule has 4 unspecified atom stereocenters. The van der Waals surface area contributed by atoms with Crippen molar-refractivity contribution in [3.8, 4) is 0 Å². The summed E-state index contributed by atoms with van der Waals surface area (Å²) < 4.78 is 0. The Labute approximate surface area is 83.5 Å². The highest BCUT2D eigenvalue weighted by atomic mass is 16.5. The van der Waals surface area contributed by atoms with Crippen molar-refractivity contribution in [3.05, 3.63) is 5.21 Å². The van der Waals surface area contributed by atoms with Gasteiger partial charge in [-0.1, -0.05) is 6.42 Å². The van der Waals surface area contributed by atoms with Crippen molar-refractivity contribution in [2.24, 2.45) is 11.8 Å². The van der Waals surface area contributed by atoms with Gasteiger partial charge in [0.05, 0.1) is 19.0 Å². The van der Waals surface area contributed by atoms with E-state index < -0.39 is 5.97 Å². The van der Waals surface area contributed by atoms with E-state index in [0.29, 0.717) is 17.5 Å². The Kier molecular flexibility index (Phi) is 2.74. The molecule has 1 aliphatic heterocycles. The van der Waals surface area contributed by atoms with Gasteiger partial charge < -0.3 is 15.4 Å². The van der Waals surface area contributed by atoms with Gasteiger partial charge in [-0.3, -0.25) is 4.79 Å². The molecular formula is C10H17NO3. The number of hydrogen-bond donors (Lipinski definition) is 2. The zero-order valence-corrected chi connectivity index (χ0v) is 8.24. The predicted octanol–water partition coefficient (Wildman–Crippen LogP) is 0.0324. The van der Waals surface area contributed by atoms with Gasteiger partial charge in [0.2, 0.25) is 0 Å². The van der Waals surface area contributed by atoms with Crippen LogP contribution in [0.2, 0.25) is 0 Å². The third-order valence-electron chi connectivity index (χ3n) is 3.74. The average molecular weight is 199 g/mol. The van der Waals surface area contributed by atoms with Gasteiger partial charge in [0, 0.05) is 18.3 Å². The SMILES string of the molecule is O=C(O)CC1CCCC2CC[NH+]([O-])C21. The van der Waals surface area contributed by atoms with E-state index in [-0.39, 0.29) is 18.4 Å². The normalized spacial score (nSPS) is 42.1. The summed E-state index contributed by atoms with van der Waals surface area (Å²) in [6.07, 6.45) is 4.35. The Morgan fingerprint density at radius 2 is 2.21 bits per heavy atom. The number of quaternary nitrogens is 1. The van der Waals surface area contributed by atoms with Crippen LogP contribution in [0.5, 0.6) is 0 Å². The summed E-state index contributed by atoms with van der Waals surface area (Å²) in [4.78, 5) is 10.7. The number of hydrogen-bond acceptors (Lipinski definition) is 2. The van der Waals surface area contributed by atoms with Gasteiger partial charge in [0.25, 0.3) is 0 Å². The lowest BCUT2D eigenvalue weighted by Gasteiger charge is -2.36. The van der Waals surface area contributed by atoms with Crippen LogP contribution in [-0.2, 0) is 4.79 Å². The standard InChI is InChI=1S/C10H17NO3/c12-9(13)6-8-3-1-2-7-4-5-11(14)10(7)8/h7-8,10-11H,1-6H2,(H,12,13). The molecule has 1 saturated carbocycles. The van der Waals surface area contributed by atoms with Gasteiger partial charge in [0.15, 0.2) is 0 Å². The zero-order chi connectivity index (χ0) is 10.1. The van der Waals surface area contributed by atoms with Crippen LogP contribution in [0.4, 0.5) is 0 Å². The van der Waals surface area contributed by atoms with Gasteiger partial charge in [-0.25, -0.2) is 0 Å². The highest BCUT2D eigenvalue weighted by Gasteiger charge is 2.42. The molecule has 0 spiro atoms. The smallest absolute Gasteiger partial charge is 0.303 e. The highest BCUT2D eigenvalue weighted by Crippen LogP contribution is 2.33. The van der Waals surface area contributed by atoms with E-state index in [1.54, 1.807) is 0 Å². The van der Waals surface area contributed by atoms with Crippen LogP contribution in [0.1, 0.15) is 32.1 Å². The van der Waals surface area contributed by atoms with Crippen molar-refractivity contribution in [3.63, 3.8) is 0 Å². The van der Waals surface area contributed by atoms with Gasteiger partial charge >= 0.3 is 5.97 Å². The summed E-state index contributed by atoms with van der Waals surface area (Å²) in [5.74, 6) is -0.128. The van der Waals surface area contributed by atoms with Crippen LogP contribution >= 0.6 is 0 Å². The topological polar surface area (TPSA) is 64.8 Å². The fraction of sp³-hybridized carbons (Fsp3) is 0.900. The molecule has 1 heterocycles. The number of hydroxylamine groups is 2. The summed E-state index contributed by atoms with van der Waals surface area (Å²) in [6.45, 7) is 0.686. The molecule has 4 atom stereocenters. The molecule has 0 aromatic heterocycles. The third kappa shape index (κ3) is 1.77. The van der Waals surface area contributed by atoms with Crippen molar-refractivity contribution < 1.29 is 15.0 Å². The van der Waals surface area contributed by atoms with Gasteiger partial charge in [-0.05, 0) is 12.8 Å². The Morgan fingerprint density at radius 3 is 2.93 bits per heavy atom. The largest absolute Gasteiger partial charge is 0.634 e. The zero-order valence-electron chi connectivity index (χ0n) is 8.24. The fourth-order valence-corrected chi connectivity index (χ4v) is 3.18. The number of carbonyl (C=O) groups is 1. The summed E-state index contributed by atoms with van der Waals surface area (Å²) in [7, 11) is 0. The van der Waals surface area contributed by atoms with Gasteiger partial charge in [-0.15, -0.1) is 0 Å². The molecule has 0 radical (unpaired) electrons. The lowest BCUT2D eigenvalue weighted by molar-refractivity contribution is -0.868. The van der Waals surface area contributed by atoms with Gasteiger partial charge in [-0.2, -0.15) is 0 Å². The first kappa shape index (κ1) is 9.93. The molecule has 0 bridgehead atoms. The third-order valence-corrected chi connectivity index (χ3v) is 3.74. The van der Waals surface area contributed by atoms with Crippen molar-refractivity contribution in [2.45, 2.75) is 38.1 Å². The van der Waals surface area contributed by atoms with Crippen LogP contribution in [-0.4, -0.2) is 23.7 Å². The van der Waals surface area contributed by atoms with Crippen molar-refractivity contribution in [2.75, 3.05) is 6.54 Å². The number of aliphatic carboxylic acids is 1. The van der Waals surface area contributed by atoms with Crippen LogP contribution in [0, 0.1) is 17.0 Å². The molecule has 14 heavy (non-hydrogen) atoms. The maximum Gasteiger partial charge on any atom is 0.303 e. The van der Waals surface area contributed by atoms with E-state index in [4.69, 9.17) is 5.11 Å². The number of carboxylic acids is 1. The first-order chi connectivity index (χ1) is 6.68. The van der Waals surface area contributed by atoms with E-state index in [2.05, 4.69) is 0 Å². The number of rotatable bonds is 2. The molecule has 2 N–H and O–H groups in total. The molecular weight excluding hydrogens is 182 g/mol. The van der Waals surface area contributed by atoms with E-state index in [9.17, 15) is 10.0 Å². The lowest BCUT2D eigenvalue weighted by Crippen LogP contribution is -3.10. The maximum absolute atomic E-state index is 11.6. The predicted molar refractivity (Wildman–Crippen MR) is 50.7 cm³/mol. The summed E-state index contributed by atoms with van der Waals surface area (Å²) in [5, 5.41) is 20.7. The molecule has 0 aromatic rings. The Balaban J connectivity index is 2.04. The Morgan fingerprint density at radius 1 is 1.43 bits per heavy atom. The molecule has 1 saturated heterocycles. The molecule has 4 heteroatoms. The van der Waals surface area contributed by atoms with E-state index in [1.807, 2.05) is 0 Å². The number of nitrogens with one attached hydrogen (secondary N) is 1. The second-order valence-electron chi connectivity index (χ2n) is 4.58. The Hall–Kier alpha value is -0.610. The molecule has 2 fully saturated rings. The molecule has 2 aliphatic rings. The first-order valence-electron chi connectivity index (χ1n) is 5.43. The summed E-state index contributed by atoms with van der Waals surface area (Å²) >= 11 is 0. The first-order valence-corrected chi connectivity index (χ1v) is 5.43. The van der Waals surface area contributed by atoms with E-state index in [0.717, 1.165) is 25.7 Å². The highest BCUT2D eigenvalue weighted by molar-refractivity contribution is 5.67. The molecule has 0 amide bonds. The van der Waals surface area contributed by atoms with E-state index in [1.165, 1.54) is 0 Å². The molecule has 80 valence electrons. The number of fused-ring (bicyclic) bond motifs is 1. The number of carboxylic acid groups (broad SMARTS) is 1. The Bertz CT molecular complexity index is 229. The molecule has 4 nitrogen and oxygen atoms in total. The molecule has 0 aromatic carbocycles. The quantitative estimate of drug-likeness (QED) is 0.617. The second kappa shape index (κ2) is 3.87. The van der Waals surface area contributed by atoms with Crippen LogP contribution in [0.25, 0.3) is 0 Å². The minimum Gasteiger partial charge on any atom is -0.634 e. The van der Waals surface area contributed by atoms with Crippen molar-refractivity contribution in [1.29, 1.82) is 0 Å². The minimum atomic E-state index is -0.754. The molecule has 2 rings (SSSR count). The average Bonchev–Trinajstić information content (AvgIpc) is 2.48. The minimum absolute atomic E-state index is 0.0832. The van der Waals surface area contributed by atoms with Crippen molar-refractivity contribution >= 4 is 5.97 Å². The van der Waals surface area contributed by atoms with Crippen LogP contribution in [0.15, 0.2) is 0 Å². The lowest BCUT2D eigenvalue weighted by atomic mass is 9.76. The monoisotopic (exact) mass is 199 g/mol. The maximum atomic E-state index is 11.6. The van der Waals surface area contributed by atoms with E-state index >= 15 is 0 Å². The molecule has 1 aliphatic carbocycles.